The predicted octanol–water partition coefficient (Wildman–Crippen LogP) is 3.44. The van der Waals surface area contributed by atoms with Crippen molar-refractivity contribution in [2.45, 2.75) is 4.52 Å². The maximum atomic E-state index is 5.67. The van der Waals surface area contributed by atoms with Gasteiger partial charge in [-0.05, 0) is 12.1 Å². The molecule has 1 nitrogen and oxygen atoms in total. The minimum Gasteiger partial charge on any atom is -0.457 e. The fraction of sp³-hybridized carbons (Fsp3) is 0.250. The van der Waals surface area contributed by atoms with Crippen LogP contribution in [0.1, 0.15) is 0 Å². The van der Waals surface area contributed by atoms with Crippen LogP contribution in [0, 0.1) is 0 Å². The molecule has 0 aliphatic rings. The average molecular weight is 226 g/mol. The van der Waals surface area contributed by atoms with Crippen LogP contribution in [-0.2, 0) is 0 Å². The third-order valence-electron chi connectivity index (χ3n) is 1.17. The number of halogens is 3. The summed E-state index contributed by atoms with van der Waals surface area (Å²) in [6, 6.07) is 9.04. The molecule has 0 heterocycles. The van der Waals surface area contributed by atoms with Crippen LogP contribution in [0.2, 0.25) is 0 Å². The summed E-state index contributed by atoms with van der Waals surface area (Å²) in [4.78, 5) is 0. The Morgan fingerprint density at radius 2 is 1.75 bits per heavy atom. The Balaban J connectivity index is 2.64. The second-order valence-electron chi connectivity index (χ2n) is 2.19. The first-order chi connectivity index (χ1) is 5.64. The summed E-state index contributed by atoms with van der Waals surface area (Å²) in [5, 5.41) is 0. The molecular formula is C8H7Cl3O. The van der Waals surface area contributed by atoms with Gasteiger partial charge >= 0.3 is 0 Å². The number of benzene rings is 1. The molecule has 1 aromatic rings. The van der Waals surface area contributed by atoms with Crippen LogP contribution < -0.4 is 4.74 Å². The molecule has 1 rings (SSSR count). The molecule has 0 aromatic heterocycles. The van der Waals surface area contributed by atoms with E-state index in [0.29, 0.717) is 5.75 Å². The number of ether oxygens (including phenoxy) is 1. The van der Waals surface area contributed by atoms with Crippen LogP contribution in [0.25, 0.3) is 0 Å². The number of rotatable bonds is 3. The molecule has 0 aliphatic heterocycles. The van der Waals surface area contributed by atoms with Crippen molar-refractivity contribution in [3.63, 3.8) is 0 Å². The topological polar surface area (TPSA) is 9.23 Å². The number of alkyl halides is 3. The molecule has 0 radical (unpaired) electrons. The second kappa shape index (κ2) is 4.22. The molecule has 0 fully saturated rings. The minimum atomic E-state index is -1.34. The number of hydrogen-bond donors (Lipinski definition) is 0. The van der Waals surface area contributed by atoms with Gasteiger partial charge in [0, 0.05) is 0 Å². The first-order valence-corrected chi connectivity index (χ1v) is 4.61. The van der Waals surface area contributed by atoms with Gasteiger partial charge in [-0.2, -0.15) is 0 Å². The van der Waals surface area contributed by atoms with E-state index in [1.54, 1.807) is 12.1 Å². The summed E-state index contributed by atoms with van der Waals surface area (Å²) in [6.45, 7) is 0. The van der Waals surface area contributed by atoms with Crippen molar-refractivity contribution in [2.75, 3.05) is 5.88 Å². The van der Waals surface area contributed by atoms with Gasteiger partial charge in [0.2, 0.25) is 0 Å². The van der Waals surface area contributed by atoms with Gasteiger partial charge in [-0.15, -0.1) is 11.6 Å². The molecule has 12 heavy (non-hydrogen) atoms. The molecular weight excluding hydrogens is 218 g/mol. The minimum absolute atomic E-state index is 0.0189. The molecule has 0 saturated heterocycles. The summed E-state index contributed by atoms with van der Waals surface area (Å²) >= 11 is 16.8. The van der Waals surface area contributed by atoms with Crippen molar-refractivity contribution in [1.29, 1.82) is 0 Å². The molecule has 4 heteroatoms. The Bertz CT molecular complexity index is 235. The van der Waals surface area contributed by atoms with Crippen molar-refractivity contribution in [1.82, 2.24) is 0 Å². The Morgan fingerprint density at radius 1 is 1.17 bits per heavy atom. The Kier molecular flexibility index (Phi) is 3.51. The van der Waals surface area contributed by atoms with Crippen LogP contribution in [0.15, 0.2) is 30.3 Å². The summed E-state index contributed by atoms with van der Waals surface area (Å²) in [5.41, 5.74) is 0. The lowest BCUT2D eigenvalue weighted by Crippen LogP contribution is -2.23. The van der Waals surface area contributed by atoms with Crippen molar-refractivity contribution in [3.8, 4) is 5.75 Å². The lowest BCUT2D eigenvalue weighted by atomic mass is 10.3. The third-order valence-corrected chi connectivity index (χ3v) is 2.24. The molecule has 0 saturated carbocycles. The molecule has 0 amide bonds. The highest BCUT2D eigenvalue weighted by Gasteiger charge is 2.24. The Morgan fingerprint density at radius 3 is 2.25 bits per heavy atom. The standard InChI is InChI=1S/C8H7Cl3O/c9-6-8(10,11)12-7-4-2-1-3-5-7/h1-5H,6H2. The predicted molar refractivity (Wildman–Crippen MR) is 52.2 cm³/mol. The van der Waals surface area contributed by atoms with Crippen LogP contribution in [-0.4, -0.2) is 10.4 Å². The van der Waals surface area contributed by atoms with E-state index in [1.165, 1.54) is 0 Å². The Labute approximate surface area is 86.2 Å². The second-order valence-corrected chi connectivity index (χ2v) is 3.87. The van der Waals surface area contributed by atoms with E-state index >= 15 is 0 Å². The zero-order chi connectivity index (χ0) is 9.03. The average Bonchev–Trinajstić information content (AvgIpc) is 2.06. The van der Waals surface area contributed by atoms with Crippen molar-refractivity contribution in [3.05, 3.63) is 30.3 Å². The van der Waals surface area contributed by atoms with E-state index in [9.17, 15) is 0 Å². The summed E-state index contributed by atoms with van der Waals surface area (Å²) in [5.74, 6) is 0.619. The zero-order valence-electron chi connectivity index (χ0n) is 6.14. The third kappa shape index (κ3) is 3.10. The first kappa shape index (κ1) is 9.97. The Hall–Kier alpha value is -0.110. The van der Waals surface area contributed by atoms with Gasteiger partial charge in [0.1, 0.15) is 5.75 Å². The van der Waals surface area contributed by atoms with Crippen LogP contribution >= 0.6 is 34.8 Å². The van der Waals surface area contributed by atoms with Crippen molar-refractivity contribution < 1.29 is 4.74 Å². The highest BCUT2D eigenvalue weighted by Crippen LogP contribution is 2.26. The largest absolute Gasteiger partial charge is 0.457 e. The number of hydrogen-bond acceptors (Lipinski definition) is 1. The zero-order valence-corrected chi connectivity index (χ0v) is 8.40. The fourth-order valence-electron chi connectivity index (χ4n) is 0.688. The lowest BCUT2D eigenvalue weighted by molar-refractivity contribution is 0.265. The van der Waals surface area contributed by atoms with Gasteiger partial charge < -0.3 is 4.74 Å². The van der Waals surface area contributed by atoms with E-state index in [2.05, 4.69) is 0 Å². The molecule has 0 unspecified atom stereocenters. The normalized spacial score (nSPS) is 11.2. The highest BCUT2D eigenvalue weighted by molar-refractivity contribution is 6.50. The maximum absolute atomic E-state index is 5.67. The van der Waals surface area contributed by atoms with Gasteiger partial charge in [-0.3, -0.25) is 0 Å². The molecule has 1 aromatic carbocycles. The fourth-order valence-corrected chi connectivity index (χ4v) is 0.921. The van der Waals surface area contributed by atoms with E-state index in [4.69, 9.17) is 39.5 Å². The first-order valence-electron chi connectivity index (χ1n) is 3.32. The van der Waals surface area contributed by atoms with E-state index in [1.807, 2.05) is 18.2 Å². The quantitative estimate of drug-likeness (QED) is 0.716. The van der Waals surface area contributed by atoms with E-state index < -0.39 is 4.52 Å². The highest BCUT2D eigenvalue weighted by atomic mass is 35.5. The molecule has 0 N–H and O–H groups in total. The lowest BCUT2D eigenvalue weighted by Gasteiger charge is -2.17. The van der Waals surface area contributed by atoms with Crippen LogP contribution in [0.5, 0.6) is 5.75 Å². The molecule has 0 bridgehead atoms. The molecule has 0 aliphatic carbocycles. The van der Waals surface area contributed by atoms with E-state index in [-0.39, 0.29) is 5.88 Å². The van der Waals surface area contributed by atoms with Crippen LogP contribution in [0.4, 0.5) is 0 Å². The summed E-state index contributed by atoms with van der Waals surface area (Å²) in [7, 11) is 0. The maximum Gasteiger partial charge on any atom is 0.271 e. The van der Waals surface area contributed by atoms with Crippen LogP contribution in [0.3, 0.4) is 0 Å². The van der Waals surface area contributed by atoms with Gasteiger partial charge in [0.25, 0.3) is 4.52 Å². The van der Waals surface area contributed by atoms with E-state index in [0.717, 1.165) is 0 Å². The smallest absolute Gasteiger partial charge is 0.271 e. The van der Waals surface area contributed by atoms with Crippen molar-refractivity contribution >= 4 is 34.8 Å². The SMILES string of the molecule is ClCC(Cl)(Cl)Oc1ccccc1. The van der Waals surface area contributed by atoms with Gasteiger partial charge in [0.05, 0.1) is 5.88 Å². The monoisotopic (exact) mass is 224 g/mol. The molecule has 66 valence electrons. The van der Waals surface area contributed by atoms with Gasteiger partial charge in [-0.1, -0.05) is 41.4 Å². The van der Waals surface area contributed by atoms with Crippen molar-refractivity contribution in [2.24, 2.45) is 0 Å². The molecule has 0 spiro atoms. The summed E-state index contributed by atoms with van der Waals surface area (Å²) in [6.07, 6.45) is 0. The van der Waals surface area contributed by atoms with Gasteiger partial charge in [-0.25, -0.2) is 0 Å². The number of para-hydroxylation sites is 1. The summed E-state index contributed by atoms with van der Waals surface area (Å²) < 4.78 is 3.81. The van der Waals surface area contributed by atoms with Gasteiger partial charge in [0.15, 0.2) is 0 Å². The molecule has 0 atom stereocenters.